The zero-order valence-electron chi connectivity index (χ0n) is 27.4. The smallest absolute Gasteiger partial charge is 0.410 e. The first-order chi connectivity index (χ1) is 22.9. The van der Waals surface area contributed by atoms with Gasteiger partial charge in [0.25, 0.3) is 0 Å². The fourth-order valence-corrected chi connectivity index (χ4v) is 7.53. The number of nitrogens with zero attached hydrogens (tertiary/aromatic N) is 8. The van der Waals surface area contributed by atoms with Crippen LogP contribution in [0.25, 0.3) is 10.8 Å². The number of piperazine rings is 1. The van der Waals surface area contributed by atoms with Crippen molar-refractivity contribution < 1.29 is 19.1 Å². The first kappa shape index (κ1) is 31.0. The monoisotopic (exact) mass is 638 g/mol. The highest BCUT2D eigenvalue weighted by molar-refractivity contribution is 5.97. The molecular formula is C35H42N8O4. The van der Waals surface area contributed by atoms with Gasteiger partial charge in [-0.05, 0) is 56.8 Å². The second kappa shape index (κ2) is 12.9. The van der Waals surface area contributed by atoms with Crippen molar-refractivity contribution in [3.8, 4) is 12.1 Å². The highest BCUT2D eigenvalue weighted by Gasteiger charge is 2.49. The van der Waals surface area contributed by atoms with Crippen LogP contribution in [-0.2, 0) is 22.5 Å². The Morgan fingerprint density at radius 3 is 2.60 bits per heavy atom. The van der Waals surface area contributed by atoms with Gasteiger partial charge in [-0.3, -0.25) is 9.69 Å². The maximum Gasteiger partial charge on any atom is 0.410 e. The highest BCUT2D eigenvalue weighted by Crippen LogP contribution is 2.36. The number of anilines is 2. The van der Waals surface area contributed by atoms with E-state index < -0.39 is 12.1 Å². The van der Waals surface area contributed by atoms with E-state index in [0.29, 0.717) is 51.4 Å². The number of carbonyl (C=O) groups is 2. The molecule has 0 radical (unpaired) electrons. The van der Waals surface area contributed by atoms with Crippen molar-refractivity contribution in [1.29, 1.82) is 5.26 Å². The van der Waals surface area contributed by atoms with Crippen LogP contribution >= 0.6 is 0 Å². The second-order valence-corrected chi connectivity index (χ2v) is 13.1. The maximum absolute atomic E-state index is 13.4. The number of likely N-dealkylation sites (tertiary alicyclic amines) is 1. The molecule has 3 fully saturated rings. The summed E-state index contributed by atoms with van der Waals surface area (Å²) in [6.45, 7) is 6.98. The molecule has 47 heavy (non-hydrogen) atoms. The van der Waals surface area contributed by atoms with Crippen molar-refractivity contribution in [3.05, 3.63) is 53.2 Å². The van der Waals surface area contributed by atoms with Crippen LogP contribution in [0.2, 0.25) is 0 Å². The first-order valence-electron chi connectivity index (χ1n) is 16.6. The molecule has 0 aliphatic carbocycles. The number of benzene rings is 2. The molecule has 0 spiro atoms. The largest absolute Gasteiger partial charge is 0.462 e. The van der Waals surface area contributed by atoms with Gasteiger partial charge in [0, 0.05) is 48.9 Å². The topological polar surface area (TPSA) is 118 Å². The highest BCUT2D eigenvalue weighted by atomic mass is 16.5. The van der Waals surface area contributed by atoms with E-state index in [2.05, 4.69) is 71.1 Å². The van der Waals surface area contributed by atoms with Crippen LogP contribution in [0.5, 0.6) is 6.01 Å². The predicted molar refractivity (Wildman–Crippen MR) is 177 cm³/mol. The molecule has 3 atom stereocenters. The minimum Gasteiger partial charge on any atom is -0.462 e. The molecule has 2 amide bonds. The summed E-state index contributed by atoms with van der Waals surface area (Å²) in [6.07, 6.45) is 2.68. The molecule has 4 aliphatic heterocycles. The van der Waals surface area contributed by atoms with Crippen LogP contribution in [-0.4, -0.2) is 115 Å². The number of likely N-dealkylation sites (N-methyl/N-ethyl adjacent to an activating group) is 1. The summed E-state index contributed by atoms with van der Waals surface area (Å²) in [5.74, 6) is 0.696. The molecule has 0 N–H and O–H groups in total. The Kier molecular flexibility index (Phi) is 8.49. The van der Waals surface area contributed by atoms with Crippen molar-refractivity contribution >= 4 is 34.3 Å². The number of aromatic nitrogens is 2. The van der Waals surface area contributed by atoms with Crippen LogP contribution in [0.3, 0.4) is 0 Å². The zero-order chi connectivity index (χ0) is 32.7. The van der Waals surface area contributed by atoms with Gasteiger partial charge in [0.2, 0.25) is 5.91 Å². The number of amides is 2. The minimum absolute atomic E-state index is 0.134. The predicted octanol–water partition coefficient (Wildman–Crippen LogP) is 3.36. The summed E-state index contributed by atoms with van der Waals surface area (Å²) in [5.41, 5.74) is 4.49. The summed E-state index contributed by atoms with van der Waals surface area (Å²) in [5, 5.41) is 12.2. The number of fused-ring (bicyclic) bond motifs is 2. The zero-order valence-corrected chi connectivity index (χ0v) is 27.4. The first-order valence-corrected chi connectivity index (χ1v) is 16.6. The molecule has 12 nitrogen and oxygen atoms in total. The average Bonchev–Trinajstić information content (AvgIpc) is 3.79. The van der Waals surface area contributed by atoms with Crippen molar-refractivity contribution in [1.82, 2.24) is 24.7 Å². The Balaban J connectivity index is 1.18. The molecular weight excluding hydrogens is 596 g/mol. The molecule has 12 heteroatoms. The molecule has 3 unspecified atom stereocenters. The van der Waals surface area contributed by atoms with E-state index in [9.17, 15) is 14.9 Å². The molecule has 1 aromatic heterocycles. The maximum atomic E-state index is 13.4. The summed E-state index contributed by atoms with van der Waals surface area (Å²) in [4.78, 5) is 45.5. The summed E-state index contributed by atoms with van der Waals surface area (Å²) >= 11 is 0. The third-order valence-corrected chi connectivity index (χ3v) is 10.2. The Bertz CT molecular complexity index is 1720. The SMILES string of the molecule is COC(=O)N1CC1C(=O)N1CCN(c2nc(OCC3CCCN3C)nc3c2CCN(c2cccc4cccc(C)c24)C3)CC1CC#N. The van der Waals surface area contributed by atoms with Crippen LogP contribution in [0.4, 0.5) is 16.3 Å². The number of nitriles is 1. The normalized spacial score (nSPS) is 22.6. The summed E-state index contributed by atoms with van der Waals surface area (Å²) in [7, 11) is 3.44. The Hall–Kier alpha value is -4.63. The molecule has 0 saturated carbocycles. The third kappa shape index (κ3) is 6.00. The van der Waals surface area contributed by atoms with E-state index in [1.807, 2.05) is 0 Å². The lowest BCUT2D eigenvalue weighted by Crippen LogP contribution is -2.57. The second-order valence-electron chi connectivity index (χ2n) is 13.1. The van der Waals surface area contributed by atoms with Gasteiger partial charge in [-0.2, -0.15) is 15.2 Å². The molecule has 0 bridgehead atoms. The molecule has 3 saturated heterocycles. The fraction of sp³-hybridized carbons (Fsp3) is 0.514. The lowest BCUT2D eigenvalue weighted by Gasteiger charge is -2.42. The molecule has 246 valence electrons. The van der Waals surface area contributed by atoms with Gasteiger partial charge >= 0.3 is 12.1 Å². The van der Waals surface area contributed by atoms with E-state index in [4.69, 9.17) is 19.4 Å². The van der Waals surface area contributed by atoms with Crippen LogP contribution in [0.15, 0.2) is 36.4 Å². The van der Waals surface area contributed by atoms with Gasteiger partial charge in [-0.25, -0.2) is 4.79 Å². The lowest BCUT2D eigenvalue weighted by atomic mass is 9.99. The van der Waals surface area contributed by atoms with Crippen molar-refractivity contribution in [2.75, 3.05) is 69.8 Å². The van der Waals surface area contributed by atoms with Crippen molar-refractivity contribution in [3.63, 3.8) is 0 Å². The third-order valence-electron chi connectivity index (χ3n) is 10.2. The van der Waals surface area contributed by atoms with Crippen molar-refractivity contribution in [2.45, 2.75) is 57.3 Å². The van der Waals surface area contributed by atoms with E-state index in [1.54, 1.807) is 4.90 Å². The van der Waals surface area contributed by atoms with Crippen molar-refractivity contribution in [2.24, 2.45) is 0 Å². The van der Waals surface area contributed by atoms with E-state index in [-0.39, 0.29) is 18.4 Å². The van der Waals surface area contributed by atoms with E-state index >= 15 is 0 Å². The molecule has 5 heterocycles. The average molecular weight is 639 g/mol. The number of aryl methyl sites for hydroxylation is 1. The number of methoxy groups -OCH3 is 1. The van der Waals surface area contributed by atoms with Gasteiger partial charge in [-0.1, -0.05) is 30.3 Å². The van der Waals surface area contributed by atoms with Crippen LogP contribution < -0.4 is 14.5 Å². The minimum atomic E-state index is -0.528. The fourth-order valence-electron chi connectivity index (χ4n) is 7.53. The van der Waals surface area contributed by atoms with Crippen LogP contribution in [0.1, 0.15) is 36.1 Å². The van der Waals surface area contributed by atoms with Crippen LogP contribution in [0, 0.1) is 18.3 Å². The van der Waals surface area contributed by atoms with Gasteiger partial charge < -0.3 is 29.1 Å². The Labute approximate surface area is 275 Å². The molecule has 4 aliphatic rings. The number of hydrogen-bond acceptors (Lipinski definition) is 10. The molecule has 7 rings (SSSR count). The van der Waals surface area contributed by atoms with E-state index in [1.165, 1.54) is 34.0 Å². The summed E-state index contributed by atoms with van der Waals surface area (Å²) in [6, 6.07) is 15.0. The Morgan fingerprint density at radius 1 is 1.00 bits per heavy atom. The lowest BCUT2D eigenvalue weighted by molar-refractivity contribution is -0.134. The van der Waals surface area contributed by atoms with Gasteiger partial charge in [0.05, 0.1) is 44.4 Å². The van der Waals surface area contributed by atoms with Gasteiger partial charge in [-0.15, -0.1) is 0 Å². The number of rotatable bonds is 7. The molecule has 2 aromatic carbocycles. The number of hydrogen-bond donors (Lipinski definition) is 0. The molecule has 3 aromatic rings. The van der Waals surface area contributed by atoms with E-state index in [0.717, 1.165) is 49.4 Å². The quantitative estimate of drug-likeness (QED) is 0.357. The number of carbonyl (C=O) groups excluding carboxylic acids is 2. The standard InChI is InChI=1S/C35H42N8O4/c1-23-7-4-8-24-9-5-11-29(31(23)24)40-16-13-27-28(20-40)37-34(47-22-26-10-6-15-39(26)2)38-32(27)41-17-18-42(25(19-41)12-14-36)33(44)30-21-43(30)35(45)46-3/h4-5,7-9,11,25-26,30H,6,10,12-13,15-22H2,1-3H3. The van der Waals surface area contributed by atoms with Gasteiger partial charge in [0.15, 0.2) is 0 Å². The summed E-state index contributed by atoms with van der Waals surface area (Å²) < 4.78 is 11.1. The Morgan fingerprint density at radius 2 is 1.83 bits per heavy atom. The van der Waals surface area contributed by atoms with Gasteiger partial charge in [0.1, 0.15) is 18.5 Å². The number of ether oxygens (including phenoxy) is 2.